The van der Waals surface area contributed by atoms with E-state index in [4.69, 9.17) is 11.0 Å². The number of rotatable bonds is 7. The van der Waals surface area contributed by atoms with Crippen molar-refractivity contribution in [1.29, 1.82) is 5.26 Å². The van der Waals surface area contributed by atoms with Crippen LogP contribution in [-0.2, 0) is 4.79 Å². The van der Waals surface area contributed by atoms with E-state index in [1.807, 2.05) is 6.07 Å². The highest BCUT2D eigenvalue weighted by Gasteiger charge is 2.14. The minimum absolute atomic E-state index is 0.0792. The van der Waals surface area contributed by atoms with Crippen LogP contribution in [0.25, 0.3) is 0 Å². The van der Waals surface area contributed by atoms with Crippen molar-refractivity contribution in [2.75, 3.05) is 18.5 Å². The van der Waals surface area contributed by atoms with Crippen LogP contribution in [0.4, 0.5) is 5.69 Å². The molecule has 0 bridgehead atoms. The predicted molar refractivity (Wildman–Crippen MR) is 81.3 cm³/mol. The van der Waals surface area contributed by atoms with Crippen molar-refractivity contribution in [2.24, 2.45) is 11.7 Å². The number of anilines is 1. The normalized spacial score (nSPS) is 11.7. The van der Waals surface area contributed by atoms with Gasteiger partial charge in [-0.2, -0.15) is 5.26 Å². The molecular formula is C16H23N3O. The number of carbonyl (C=O) groups is 1. The number of nitrogens with two attached hydrogens (primary N) is 1. The van der Waals surface area contributed by atoms with Gasteiger partial charge in [-0.25, -0.2) is 0 Å². The third-order valence-electron chi connectivity index (χ3n) is 3.66. The fourth-order valence-electron chi connectivity index (χ4n) is 2.21. The second-order valence-corrected chi connectivity index (χ2v) is 5.01. The first-order valence-corrected chi connectivity index (χ1v) is 7.09. The van der Waals surface area contributed by atoms with Crippen molar-refractivity contribution in [1.82, 2.24) is 0 Å². The highest BCUT2D eigenvalue weighted by Crippen LogP contribution is 2.19. The fourth-order valence-corrected chi connectivity index (χ4v) is 2.21. The Labute approximate surface area is 121 Å². The van der Waals surface area contributed by atoms with Gasteiger partial charge in [-0.05, 0) is 43.5 Å². The van der Waals surface area contributed by atoms with Gasteiger partial charge in [0.15, 0.2) is 0 Å². The van der Waals surface area contributed by atoms with E-state index in [-0.39, 0.29) is 5.91 Å². The Balaban J connectivity index is 2.60. The van der Waals surface area contributed by atoms with Crippen LogP contribution in [0, 0.1) is 17.2 Å². The highest BCUT2D eigenvalue weighted by molar-refractivity contribution is 5.92. The van der Waals surface area contributed by atoms with Gasteiger partial charge >= 0.3 is 0 Å². The molecule has 0 radical (unpaired) electrons. The maximum Gasteiger partial charge on any atom is 0.226 e. The maximum absolute atomic E-state index is 12.2. The lowest BCUT2D eigenvalue weighted by atomic mass is 9.96. The SMILES string of the molecule is CCC(CCN)CCC(=O)N(C)c1cccc(C#N)c1. The molecule has 1 unspecified atom stereocenters. The lowest BCUT2D eigenvalue weighted by Crippen LogP contribution is -2.26. The lowest BCUT2D eigenvalue weighted by Gasteiger charge is -2.19. The highest BCUT2D eigenvalue weighted by atomic mass is 16.2. The number of nitriles is 1. The third-order valence-corrected chi connectivity index (χ3v) is 3.66. The Kier molecular flexibility index (Phi) is 6.75. The van der Waals surface area contributed by atoms with Gasteiger partial charge in [0.05, 0.1) is 11.6 Å². The molecule has 0 aliphatic rings. The van der Waals surface area contributed by atoms with E-state index < -0.39 is 0 Å². The van der Waals surface area contributed by atoms with Crippen LogP contribution < -0.4 is 10.6 Å². The smallest absolute Gasteiger partial charge is 0.226 e. The van der Waals surface area contributed by atoms with Crippen LogP contribution in [-0.4, -0.2) is 19.5 Å². The zero-order chi connectivity index (χ0) is 15.0. The average Bonchev–Trinajstić information content (AvgIpc) is 2.50. The van der Waals surface area contributed by atoms with E-state index in [2.05, 4.69) is 13.0 Å². The molecule has 20 heavy (non-hydrogen) atoms. The summed E-state index contributed by atoms with van der Waals surface area (Å²) in [4.78, 5) is 13.8. The first kappa shape index (κ1) is 16.2. The molecule has 0 saturated carbocycles. The molecule has 108 valence electrons. The molecule has 2 N–H and O–H groups in total. The summed E-state index contributed by atoms with van der Waals surface area (Å²) in [7, 11) is 1.75. The summed E-state index contributed by atoms with van der Waals surface area (Å²) < 4.78 is 0. The van der Waals surface area contributed by atoms with Crippen molar-refractivity contribution in [2.45, 2.75) is 32.6 Å². The van der Waals surface area contributed by atoms with E-state index in [9.17, 15) is 4.79 Å². The van der Waals surface area contributed by atoms with Crippen LogP contribution in [0.5, 0.6) is 0 Å². The Hall–Kier alpha value is -1.86. The van der Waals surface area contributed by atoms with Crippen LogP contribution in [0.2, 0.25) is 0 Å². The van der Waals surface area contributed by atoms with Crippen molar-refractivity contribution < 1.29 is 4.79 Å². The Bertz CT molecular complexity index is 479. The van der Waals surface area contributed by atoms with Gasteiger partial charge in [0.1, 0.15) is 0 Å². The van der Waals surface area contributed by atoms with Gasteiger partial charge in [0, 0.05) is 19.2 Å². The van der Waals surface area contributed by atoms with E-state index in [1.54, 1.807) is 30.1 Å². The zero-order valence-corrected chi connectivity index (χ0v) is 12.3. The molecule has 1 aromatic rings. The molecular weight excluding hydrogens is 250 g/mol. The third kappa shape index (κ3) is 4.67. The summed E-state index contributed by atoms with van der Waals surface area (Å²) in [6.07, 6.45) is 3.41. The number of benzene rings is 1. The van der Waals surface area contributed by atoms with Gasteiger partial charge in [0.25, 0.3) is 0 Å². The molecule has 0 spiro atoms. The predicted octanol–water partition coefficient (Wildman–Crippen LogP) is 2.68. The molecule has 0 saturated heterocycles. The topological polar surface area (TPSA) is 70.1 Å². The molecule has 0 fully saturated rings. The number of carbonyl (C=O) groups excluding carboxylic acids is 1. The quantitative estimate of drug-likeness (QED) is 0.830. The molecule has 0 aliphatic heterocycles. The second-order valence-electron chi connectivity index (χ2n) is 5.01. The molecule has 0 aliphatic carbocycles. The van der Waals surface area contributed by atoms with E-state index in [1.165, 1.54) is 0 Å². The standard InChI is InChI=1S/C16H23N3O/c1-3-13(9-10-17)7-8-16(20)19(2)15-6-4-5-14(11-15)12-18/h4-6,11,13H,3,7-10,17H2,1-2H3. The number of nitrogens with zero attached hydrogens (tertiary/aromatic N) is 2. The lowest BCUT2D eigenvalue weighted by molar-refractivity contribution is -0.118. The molecule has 0 heterocycles. The molecule has 4 heteroatoms. The monoisotopic (exact) mass is 273 g/mol. The minimum atomic E-state index is 0.0792. The largest absolute Gasteiger partial charge is 0.330 e. The first-order chi connectivity index (χ1) is 9.62. The Morgan fingerprint density at radius 1 is 1.45 bits per heavy atom. The van der Waals surface area contributed by atoms with Gasteiger partial charge < -0.3 is 10.6 Å². The Morgan fingerprint density at radius 3 is 2.80 bits per heavy atom. The summed E-state index contributed by atoms with van der Waals surface area (Å²) in [6.45, 7) is 2.80. The number of hydrogen-bond acceptors (Lipinski definition) is 3. The van der Waals surface area contributed by atoms with Crippen LogP contribution in [0.15, 0.2) is 24.3 Å². The van der Waals surface area contributed by atoms with Gasteiger partial charge in [-0.15, -0.1) is 0 Å². The zero-order valence-electron chi connectivity index (χ0n) is 12.3. The summed E-state index contributed by atoms with van der Waals surface area (Å²) in [6, 6.07) is 9.18. The first-order valence-electron chi connectivity index (χ1n) is 7.09. The Morgan fingerprint density at radius 2 is 2.20 bits per heavy atom. The van der Waals surface area contributed by atoms with E-state index in [0.717, 1.165) is 24.9 Å². The van der Waals surface area contributed by atoms with E-state index >= 15 is 0 Å². The van der Waals surface area contributed by atoms with Crippen LogP contribution >= 0.6 is 0 Å². The second kappa shape index (κ2) is 8.34. The molecule has 4 nitrogen and oxygen atoms in total. The molecule has 1 rings (SSSR count). The van der Waals surface area contributed by atoms with Crippen molar-refractivity contribution in [3.8, 4) is 6.07 Å². The van der Waals surface area contributed by atoms with E-state index in [0.29, 0.717) is 24.4 Å². The summed E-state index contributed by atoms with van der Waals surface area (Å²) in [5, 5.41) is 8.88. The van der Waals surface area contributed by atoms with Crippen molar-refractivity contribution in [3.63, 3.8) is 0 Å². The summed E-state index contributed by atoms with van der Waals surface area (Å²) in [5.74, 6) is 0.596. The van der Waals surface area contributed by atoms with Gasteiger partial charge in [0.2, 0.25) is 5.91 Å². The molecule has 1 atom stereocenters. The maximum atomic E-state index is 12.2. The molecule has 0 aromatic heterocycles. The summed E-state index contributed by atoms with van der Waals surface area (Å²) in [5.41, 5.74) is 6.90. The number of amides is 1. The van der Waals surface area contributed by atoms with Gasteiger partial charge in [-0.3, -0.25) is 4.79 Å². The number of hydrogen-bond donors (Lipinski definition) is 1. The van der Waals surface area contributed by atoms with Gasteiger partial charge in [-0.1, -0.05) is 19.4 Å². The van der Waals surface area contributed by atoms with Crippen LogP contribution in [0.1, 0.15) is 38.2 Å². The summed E-state index contributed by atoms with van der Waals surface area (Å²) >= 11 is 0. The van der Waals surface area contributed by atoms with Crippen molar-refractivity contribution >= 4 is 11.6 Å². The minimum Gasteiger partial charge on any atom is -0.330 e. The molecule has 1 aromatic carbocycles. The van der Waals surface area contributed by atoms with Crippen molar-refractivity contribution in [3.05, 3.63) is 29.8 Å². The molecule has 1 amide bonds. The fraction of sp³-hybridized carbons (Fsp3) is 0.500. The average molecular weight is 273 g/mol. The van der Waals surface area contributed by atoms with Crippen LogP contribution in [0.3, 0.4) is 0 Å².